The van der Waals surface area contributed by atoms with Crippen LogP contribution in [0.3, 0.4) is 0 Å². The summed E-state index contributed by atoms with van der Waals surface area (Å²) in [6, 6.07) is 0. The van der Waals surface area contributed by atoms with Crippen molar-refractivity contribution in [2.75, 3.05) is 20.7 Å². The summed E-state index contributed by atoms with van der Waals surface area (Å²) in [5.74, 6) is -0.416. The van der Waals surface area contributed by atoms with E-state index in [0.29, 0.717) is 25.2 Å². The molecule has 0 radical (unpaired) electrons. The number of Topliss-reactive ketones (excluding diaryl/α,β-unsaturated/α-hetero) is 1. The fraction of sp³-hybridized carbons (Fsp3) is 0.706. The Morgan fingerprint density at radius 2 is 1.96 bits per heavy atom. The van der Waals surface area contributed by atoms with Crippen molar-refractivity contribution in [3.8, 4) is 0 Å². The second-order valence-corrected chi connectivity index (χ2v) is 6.14. The first kappa shape index (κ1) is 19.2. The average Bonchev–Trinajstić information content (AvgIpc) is 2.50. The minimum absolute atomic E-state index is 0.0507. The lowest BCUT2D eigenvalue weighted by molar-refractivity contribution is -0.143. The molecule has 0 aromatic rings. The van der Waals surface area contributed by atoms with Crippen molar-refractivity contribution in [2.24, 2.45) is 10.6 Å². The molecule has 0 saturated carbocycles. The third-order valence-corrected chi connectivity index (χ3v) is 4.19. The van der Waals surface area contributed by atoms with Crippen LogP contribution >= 0.6 is 0 Å². The van der Waals surface area contributed by atoms with Gasteiger partial charge in [0, 0.05) is 26.9 Å². The van der Waals surface area contributed by atoms with Crippen molar-refractivity contribution in [1.29, 1.82) is 0 Å². The van der Waals surface area contributed by atoms with Gasteiger partial charge in [-0.25, -0.2) is 0 Å². The third kappa shape index (κ3) is 4.12. The molecule has 0 bridgehead atoms. The molecular formula is C17H28N2O4. The Morgan fingerprint density at radius 3 is 2.39 bits per heavy atom. The molecule has 0 fully saturated rings. The first-order valence-corrected chi connectivity index (χ1v) is 8.19. The molecule has 1 N–H and O–H groups in total. The number of hydrogen-bond acceptors (Lipinski definition) is 5. The quantitative estimate of drug-likeness (QED) is 0.577. The fourth-order valence-electron chi connectivity index (χ4n) is 2.98. The van der Waals surface area contributed by atoms with E-state index in [1.54, 1.807) is 14.1 Å². The fourth-order valence-corrected chi connectivity index (χ4v) is 2.98. The van der Waals surface area contributed by atoms with Gasteiger partial charge < -0.3 is 14.8 Å². The molecule has 23 heavy (non-hydrogen) atoms. The van der Waals surface area contributed by atoms with Crippen molar-refractivity contribution >= 4 is 17.4 Å². The minimum Gasteiger partial charge on any atom is -0.511 e. The van der Waals surface area contributed by atoms with Crippen molar-refractivity contribution in [1.82, 2.24) is 4.90 Å². The Labute approximate surface area is 138 Å². The number of oxime groups is 1. The van der Waals surface area contributed by atoms with Crippen LogP contribution in [-0.4, -0.2) is 48.1 Å². The van der Waals surface area contributed by atoms with Crippen LogP contribution in [0.1, 0.15) is 52.9 Å². The Bertz CT molecular complexity index is 523. The molecule has 0 spiro atoms. The maximum atomic E-state index is 12.7. The molecule has 1 aliphatic carbocycles. The molecule has 130 valence electrons. The maximum absolute atomic E-state index is 12.7. The number of aliphatic hydroxyl groups is 1. The van der Waals surface area contributed by atoms with E-state index in [0.717, 1.165) is 6.42 Å². The number of aliphatic hydroxyl groups excluding tert-OH is 1. The zero-order chi connectivity index (χ0) is 17.6. The largest absolute Gasteiger partial charge is 0.511 e. The Kier molecular flexibility index (Phi) is 6.79. The Morgan fingerprint density at radius 1 is 1.30 bits per heavy atom. The first-order chi connectivity index (χ1) is 10.8. The van der Waals surface area contributed by atoms with Gasteiger partial charge in [-0.05, 0) is 19.8 Å². The molecule has 0 saturated heterocycles. The molecule has 1 atom stereocenters. The lowest BCUT2D eigenvalue weighted by Crippen LogP contribution is -2.44. The first-order valence-electron chi connectivity index (χ1n) is 8.19. The molecule has 1 unspecified atom stereocenters. The van der Waals surface area contributed by atoms with Gasteiger partial charge in [-0.2, -0.15) is 0 Å². The van der Waals surface area contributed by atoms with Gasteiger partial charge in [0.2, 0.25) is 5.91 Å². The van der Waals surface area contributed by atoms with Gasteiger partial charge >= 0.3 is 0 Å². The third-order valence-electron chi connectivity index (χ3n) is 4.19. The van der Waals surface area contributed by atoms with E-state index in [-0.39, 0.29) is 35.9 Å². The highest BCUT2D eigenvalue weighted by molar-refractivity contribution is 6.23. The van der Waals surface area contributed by atoms with Crippen LogP contribution in [0, 0.1) is 5.41 Å². The summed E-state index contributed by atoms with van der Waals surface area (Å²) < 4.78 is 0. The van der Waals surface area contributed by atoms with Gasteiger partial charge in [-0.3, -0.25) is 9.59 Å². The summed E-state index contributed by atoms with van der Waals surface area (Å²) >= 11 is 0. The van der Waals surface area contributed by atoms with Gasteiger partial charge in [-0.15, -0.1) is 0 Å². The van der Waals surface area contributed by atoms with Crippen molar-refractivity contribution < 1.29 is 19.5 Å². The van der Waals surface area contributed by atoms with Crippen molar-refractivity contribution in [3.63, 3.8) is 0 Å². The van der Waals surface area contributed by atoms with Crippen LogP contribution in [0.2, 0.25) is 0 Å². The molecule has 1 rings (SSSR count). The molecule has 0 aromatic carbocycles. The molecule has 1 aliphatic rings. The Balaban J connectivity index is 3.25. The van der Waals surface area contributed by atoms with E-state index in [1.807, 2.05) is 20.8 Å². The summed E-state index contributed by atoms with van der Waals surface area (Å²) in [6.45, 7) is 6.04. The molecule has 1 amide bonds. The van der Waals surface area contributed by atoms with E-state index in [9.17, 15) is 14.7 Å². The normalized spacial score (nSPS) is 22.3. The number of carbonyl (C=O) groups excluding carboxylic acids is 2. The van der Waals surface area contributed by atoms with Gasteiger partial charge in [0.15, 0.2) is 5.78 Å². The summed E-state index contributed by atoms with van der Waals surface area (Å²) in [6.07, 6.45) is 2.08. The average molecular weight is 324 g/mol. The number of amides is 1. The van der Waals surface area contributed by atoms with Crippen LogP contribution in [-0.2, 0) is 14.4 Å². The van der Waals surface area contributed by atoms with Gasteiger partial charge in [-0.1, -0.05) is 25.4 Å². The van der Waals surface area contributed by atoms with E-state index in [4.69, 9.17) is 4.84 Å². The van der Waals surface area contributed by atoms with Crippen LogP contribution in [0.15, 0.2) is 16.5 Å². The number of carbonyl (C=O) groups is 2. The van der Waals surface area contributed by atoms with E-state index < -0.39 is 5.41 Å². The van der Waals surface area contributed by atoms with Gasteiger partial charge in [0.25, 0.3) is 0 Å². The number of allylic oxidation sites excluding steroid dienone is 2. The summed E-state index contributed by atoms with van der Waals surface area (Å²) in [7, 11) is 3.33. The molecule has 6 heteroatoms. The SMILES string of the molecule is CCCC(=NOCC)C1=C(O)CC(CC)(C(=O)N(C)C)CC1=O. The topological polar surface area (TPSA) is 79.2 Å². The van der Waals surface area contributed by atoms with Crippen LogP contribution in [0.4, 0.5) is 0 Å². The zero-order valence-corrected chi connectivity index (χ0v) is 14.8. The summed E-state index contributed by atoms with van der Waals surface area (Å²) in [5, 5.41) is 14.5. The predicted octanol–water partition coefficient (Wildman–Crippen LogP) is 2.84. The van der Waals surface area contributed by atoms with Crippen LogP contribution in [0.25, 0.3) is 0 Å². The second-order valence-electron chi connectivity index (χ2n) is 6.14. The number of rotatable bonds is 7. The minimum atomic E-state index is -0.864. The van der Waals surface area contributed by atoms with E-state index in [2.05, 4.69) is 5.16 Å². The monoisotopic (exact) mass is 324 g/mol. The zero-order valence-electron chi connectivity index (χ0n) is 14.8. The predicted molar refractivity (Wildman–Crippen MR) is 89.3 cm³/mol. The molecule has 6 nitrogen and oxygen atoms in total. The van der Waals surface area contributed by atoms with Crippen molar-refractivity contribution in [2.45, 2.75) is 52.9 Å². The Hall–Kier alpha value is -1.85. The number of nitrogens with zero attached hydrogens (tertiary/aromatic N) is 2. The highest BCUT2D eigenvalue weighted by Gasteiger charge is 2.46. The molecular weight excluding hydrogens is 296 g/mol. The van der Waals surface area contributed by atoms with Gasteiger partial charge in [0.05, 0.1) is 16.7 Å². The van der Waals surface area contributed by atoms with Crippen LogP contribution in [0.5, 0.6) is 0 Å². The van der Waals surface area contributed by atoms with Crippen LogP contribution < -0.4 is 0 Å². The van der Waals surface area contributed by atoms with Gasteiger partial charge in [0.1, 0.15) is 12.4 Å². The lowest BCUT2D eigenvalue weighted by Gasteiger charge is -2.36. The van der Waals surface area contributed by atoms with E-state index >= 15 is 0 Å². The maximum Gasteiger partial charge on any atom is 0.229 e. The lowest BCUT2D eigenvalue weighted by atomic mass is 9.70. The smallest absolute Gasteiger partial charge is 0.229 e. The number of hydrogen-bond donors (Lipinski definition) is 1. The molecule has 0 aromatic heterocycles. The van der Waals surface area contributed by atoms with E-state index in [1.165, 1.54) is 4.90 Å². The van der Waals surface area contributed by atoms with Crippen molar-refractivity contribution in [3.05, 3.63) is 11.3 Å². The number of ketones is 1. The highest BCUT2D eigenvalue weighted by Crippen LogP contribution is 2.41. The summed E-state index contributed by atoms with van der Waals surface area (Å²) in [4.78, 5) is 31.7. The molecule has 0 heterocycles. The second kappa shape index (κ2) is 8.13. The molecule has 0 aliphatic heterocycles. The summed E-state index contributed by atoms with van der Waals surface area (Å²) in [5.41, 5.74) is -0.160. The highest BCUT2D eigenvalue weighted by atomic mass is 16.6. The standard InChI is InChI=1S/C17H28N2O4/c1-6-9-12(18-23-8-3)15-13(20)10-17(7-2,11-14(15)21)16(22)19(4)5/h20H,6-11H2,1-5H3.